The van der Waals surface area contributed by atoms with Crippen molar-refractivity contribution in [3.05, 3.63) is 51.2 Å². The van der Waals surface area contributed by atoms with Gasteiger partial charge in [-0.15, -0.1) is 0 Å². The molecule has 4 rings (SSSR count). The summed E-state index contributed by atoms with van der Waals surface area (Å²) in [5.74, 6) is 0.572. The van der Waals surface area contributed by atoms with Crippen LogP contribution in [0.4, 0.5) is 11.6 Å². The van der Waals surface area contributed by atoms with Gasteiger partial charge in [-0.25, -0.2) is 4.79 Å². The predicted molar refractivity (Wildman–Crippen MR) is 124 cm³/mol. The standard InChI is InChI=1S/C22H30N6O4/c1-15(2)32-14-17(29)13-28-18-19(25(3)22(31)24-20(18)30)23-21(28)27-11-9-26(10-12-27)16-7-5-4-6-8-16/h4-8,15,17,29H,9-14H2,1-3H3,(H,24,30,31)/t17-/m1/s1. The number of benzene rings is 1. The number of fused-ring (bicyclic) bond motifs is 1. The van der Waals surface area contributed by atoms with Gasteiger partial charge in [-0.2, -0.15) is 4.98 Å². The molecule has 0 spiro atoms. The van der Waals surface area contributed by atoms with Gasteiger partial charge in [-0.1, -0.05) is 18.2 Å². The number of nitrogens with zero attached hydrogens (tertiary/aromatic N) is 5. The van der Waals surface area contributed by atoms with Crippen LogP contribution in [-0.4, -0.2) is 69.2 Å². The third-order valence-corrected chi connectivity index (χ3v) is 5.69. The highest BCUT2D eigenvalue weighted by Gasteiger charge is 2.26. The van der Waals surface area contributed by atoms with Crippen molar-refractivity contribution in [1.29, 1.82) is 0 Å². The molecule has 1 aliphatic heterocycles. The molecule has 10 heteroatoms. The van der Waals surface area contributed by atoms with Gasteiger partial charge in [0, 0.05) is 38.9 Å². The molecule has 0 saturated carbocycles. The van der Waals surface area contributed by atoms with E-state index in [1.54, 1.807) is 11.6 Å². The van der Waals surface area contributed by atoms with Crippen molar-refractivity contribution >= 4 is 22.8 Å². The lowest BCUT2D eigenvalue weighted by atomic mass is 10.2. The lowest BCUT2D eigenvalue weighted by Gasteiger charge is -2.36. The molecular weight excluding hydrogens is 412 g/mol. The van der Waals surface area contributed by atoms with Crippen molar-refractivity contribution in [1.82, 2.24) is 19.1 Å². The summed E-state index contributed by atoms with van der Waals surface area (Å²) in [5.41, 5.74) is 0.714. The lowest BCUT2D eigenvalue weighted by molar-refractivity contribution is -0.000180. The van der Waals surface area contributed by atoms with Crippen LogP contribution in [0.5, 0.6) is 0 Å². The van der Waals surface area contributed by atoms with Crippen LogP contribution in [0.3, 0.4) is 0 Å². The summed E-state index contributed by atoms with van der Waals surface area (Å²) in [5, 5.41) is 10.6. The highest BCUT2D eigenvalue weighted by atomic mass is 16.5. The monoisotopic (exact) mass is 442 g/mol. The number of aliphatic hydroxyl groups excluding tert-OH is 1. The molecule has 1 atom stereocenters. The van der Waals surface area contributed by atoms with Gasteiger partial charge in [0.05, 0.1) is 25.4 Å². The second-order valence-electron chi connectivity index (χ2n) is 8.36. The Balaban J connectivity index is 1.66. The van der Waals surface area contributed by atoms with E-state index in [0.29, 0.717) is 24.7 Å². The van der Waals surface area contributed by atoms with Gasteiger partial charge < -0.3 is 24.2 Å². The van der Waals surface area contributed by atoms with Crippen LogP contribution >= 0.6 is 0 Å². The number of hydrogen-bond donors (Lipinski definition) is 2. The van der Waals surface area contributed by atoms with Gasteiger partial charge in [0.2, 0.25) is 5.95 Å². The predicted octanol–water partition coefficient (Wildman–Crippen LogP) is 0.536. The van der Waals surface area contributed by atoms with Crippen LogP contribution in [0.2, 0.25) is 0 Å². The quantitative estimate of drug-likeness (QED) is 0.550. The van der Waals surface area contributed by atoms with Gasteiger partial charge in [0.15, 0.2) is 11.2 Å². The maximum absolute atomic E-state index is 12.7. The number of para-hydroxylation sites is 1. The minimum Gasteiger partial charge on any atom is -0.389 e. The van der Waals surface area contributed by atoms with Crippen molar-refractivity contribution in [3.63, 3.8) is 0 Å². The van der Waals surface area contributed by atoms with E-state index in [9.17, 15) is 14.7 Å². The maximum atomic E-state index is 12.7. The Labute approximate surface area is 185 Å². The van der Waals surface area contributed by atoms with Crippen LogP contribution in [0.15, 0.2) is 39.9 Å². The Morgan fingerprint density at radius 2 is 1.75 bits per heavy atom. The third kappa shape index (κ3) is 4.42. The lowest BCUT2D eigenvalue weighted by Crippen LogP contribution is -2.47. The van der Waals surface area contributed by atoms with Crippen LogP contribution < -0.4 is 21.0 Å². The number of hydrogen-bond acceptors (Lipinski definition) is 7. The highest BCUT2D eigenvalue weighted by molar-refractivity contribution is 5.74. The number of piperazine rings is 1. The van der Waals surface area contributed by atoms with Gasteiger partial charge in [-0.05, 0) is 26.0 Å². The Kier molecular flexibility index (Phi) is 6.33. The normalized spacial score (nSPS) is 15.7. The number of rotatable bonds is 7. The molecule has 0 unspecified atom stereocenters. The molecule has 10 nitrogen and oxygen atoms in total. The fourth-order valence-electron chi connectivity index (χ4n) is 4.01. The molecule has 32 heavy (non-hydrogen) atoms. The molecule has 3 heterocycles. The summed E-state index contributed by atoms with van der Waals surface area (Å²) >= 11 is 0. The first-order chi connectivity index (χ1) is 15.3. The number of aliphatic hydroxyl groups is 1. The maximum Gasteiger partial charge on any atom is 0.329 e. The largest absolute Gasteiger partial charge is 0.389 e. The molecule has 1 aromatic carbocycles. The molecule has 0 bridgehead atoms. The molecule has 172 valence electrons. The second kappa shape index (κ2) is 9.17. The number of aromatic amines is 1. The Bertz CT molecular complexity index is 1170. The van der Waals surface area contributed by atoms with Gasteiger partial charge in [0.25, 0.3) is 5.56 Å². The molecule has 1 saturated heterocycles. The molecule has 0 aliphatic carbocycles. The third-order valence-electron chi connectivity index (χ3n) is 5.69. The van der Waals surface area contributed by atoms with Crippen LogP contribution in [0.1, 0.15) is 13.8 Å². The molecule has 2 N–H and O–H groups in total. The van der Waals surface area contributed by atoms with Crippen molar-refractivity contribution in [2.75, 3.05) is 42.6 Å². The van der Waals surface area contributed by atoms with Crippen LogP contribution in [0, 0.1) is 0 Å². The SMILES string of the molecule is CC(C)OC[C@H](O)Cn1c(N2CCN(c3ccccc3)CC2)nc2c1c(=O)[nH]c(=O)n2C. The molecule has 2 aromatic heterocycles. The van der Waals surface area contributed by atoms with E-state index in [2.05, 4.69) is 31.9 Å². The molecular formula is C22H30N6O4. The summed E-state index contributed by atoms with van der Waals surface area (Å²) in [7, 11) is 1.58. The van der Waals surface area contributed by atoms with Crippen molar-refractivity contribution in [3.8, 4) is 0 Å². The number of nitrogens with one attached hydrogen (secondary N) is 1. The van der Waals surface area contributed by atoms with Crippen molar-refractivity contribution < 1.29 is 9.84 Å². The average Bonchev–Trinajstić information content (AvgIpc) is 3.16. The molecule has 0 amide bonds. The second-order valence-corrected chi connectivity index (χ2v) is 8.36. The highest BCUT2D eigenvalue weighted by Crippen LogP contribution is 2.23. The summed E-state index contributed by atoms with van der Waals surface area (Å²) in [6.07, 6.45) is -0.838. The summed E-state index contributed by atoms with van der Waals surface area (Å²) in [6.45, 7) is 7.06. The Morgan fingerprint density at radius 3 is 2.41 bits per heavy atom. The van der Waals surface area contributed by atoms with Crippen molar-refractivity contribution in [2.45, 2.75) is 32.6 Å². The van der Waals surface area contributed by atoms with E-state index in [0.717, 1.165) is 13.1 Å². The first-order valence-corrected chi connectivity index (χ1v) is 10.9. The van der Waals surface area contributed by atoms with Crippen molar-refractivity contribution in [2.24, 2.45) is 7.05 Å². The summed E-state index contributed by atoms with van der Waals surface area (Å²) in [4.78, 5) is 36.2. The number of imidazole rings is 1. The van der Waals surface area contributed by atoms with Crippen LogP contribution in [-0.2, 0) is 18.3 Å². The molecule has 3 aromatic rings. The zero-order valence-electron chi connectivity index (χ0n) is 18.7. The van der Waals surface area contributed by atoms with E-state index in [1.807, 2.05) is 32.0 Å². The van der Waals surface area contributed by atoms with Gasteiger partial charge in [-0.3, -0.25) is 14.3 Å². The minimum atomic E-state index is -0.823. The summed E-state index contributed by atoms with van der Waals surface area (Å²) in [6, 6.07) is 10.2. The topological polar surface area (TPSA) is 109 Å². The molecule has 1 aliphatic rings. The Hall–Kier alpha value is -3.11. The zero-order chi connectivity index (χ0) is 22.8. The van der Waals surface area contributed by atoms with E-state index < -0.39 is 17.4 Å². The number of H-pyrrole nitrogens is 1. The van der Waals surface area contributed by atoms with E-state index in [4.69, 9.17) is 4.74 Å². The number of aryl methyl sites for hydroxylation is 1. The van der Waals surface area contributed by atoms with E-state index >= 15 is 0 Å². The van der Waals surface area contributed by atoms with Crippen LogP contribution in [0.25, 0.3) is 11.2 Å². The fourth-order valence-corrected chi connectivity index (χ4v) is 4.01. The number of anilines is 2. The Morgan fingerprint density at radius 1 is 1.09 bits per heavy atom. The minimum absolute atomic E-state index is 0.0149. The first kappa shape index (κ1) is 22.1. The fraction of sp³-hybridized carbons (Fsp3) is 0.500. The van der Waals surface area contributed by atoms with E-state index in [1.165, 1.54) is 10.3 Å². The molecule has 1 fully saturated rings. The van der Waals surface area contributed by atoms with Gasteiger partial charge in [0.1, 0.15) is 0 Å². The number of aromatic nitrogens is 4. The average molecular weight is 443 g/mol. The first-order valence-electron chi connectivity index (χ1n) is 10.9. The summed E-state index contributed by atoms with van der Waals surface area (Å²) < 4.78 is 8.58. The van der Waals surface area contributed by atoms with Gasteiger partial charge >= 0.3 is 5.69 Å². The van der Waals surface area contributed by atoms with E-state index in [-0.39, 0.29) is 24.8 Å². The molecule has 0 radical (unpaired) electrons. The number of ether oxygens (including phenoxy) is 1. The zero-order valence-corrected chi connectivity index (χ0v) is 18.7. The smallest absolute Gasteiger partial charge is 0.329 e.